The number of guanidine groups is 1. The molecule has 2 aromatic rings. The molecular weight excluding hydrogens is 482 g/mol. The van der Waals surface area contributed by atoms with Gasteiger partial charge in [0.2, 0.25) is 5.91 Å². The van der Waals surface area contributed by atoms with Crippen molar-refractivity contribution in [2.75, 3.05) is 0 Å². The van der Waals surface area contributed by atoms with Crippen LogP contribution in [-0.4, -0.2) is 45.0 Å². The molecule has 1 fully saturated rings. The number of amides is 2. The van der Waals surface area contributed by atoms with Gasteiger partial charge in [0.1, 0.15) is 29.1 Å². The number of hydrogen-bond donors (Lipinski definition) is 4. The van der Waals surface area contributed by atoms with Crippen LogP contribution < -0.4 is 15.4 Å². The van der Waals surface area contributed by atoms with Crippen LogP contribution in [0, 0.1) is 17.0 Å². The van der Waals surface area contributed by atoms with Crippen molar-refractivity contribution in [1.82, 2.24) is 15.5 Å². The Morgan fingerprint density at radius 3 is 2.54 bits per heavy atom. The number of halogens is 2. The Morgan fingerprint density at radius 2 is 1.89 bits per heavy atom. The maximum atomic E-state index is 14.6. The monoisotopic (exact) mass is 514 g/mol. The van der Waals surface area contributed by atoms with E-state index in [4.69, 9.17) is 10.1 Å². The van der Waals surface area contributed by atoms with Crippen molar-refractivity contribution in [2.24, 2.45) is 0 Å². The molecule has 1 saturated heterocycles. The SMILES string of the molecule is CCC1(CC)CC(=O)N(Cc2cc(F)cc(C(=O)NC3c4cc(F)ccc4OC(C)(C)C3O)c2)C(=N)N1. The number of aliphatic hydroxyl groups excluding tert-OH is 1. The van der Waals surface area contributed by atoms with E-state index in [1.807, 2.05) is 13.8 Å². The zero-order chi connectivity index (χ0) is 27.1. The predicted molar refractivity (Wildman–Crippen MR) is 133 cm³/mol. The number of ether oxygens (including phenoxy) is 1. The standard InChI is InChI=1S/C27H32F2N4O4/c1-5-27(6-2)13-21(34)33(25(30)32-27)14-15-9-16(11-18(29)10-15)24(36)31-22-19-12-17(28)7-8-20(19)37-26(3,4)23(22)35/h7-12,22-23,35H,5-6,13-14H2,1-4H3,(H2,30,32)(H,31,36). The van der Waals surface area contributed by atoms with Crippen LogP contribution in [0.1, 0.15) is 74.5 Å². The van der Waals surface area contributed by atoms with Gasteiger partial charge in [-0.3, -0.25) is 19.9 Å². The number of nitrogens with zero attached hydrogens (tertiary/aromatic N) is 1. The Morgan fingerprint density at radius 1 is 1.19 bits per heavy atom. The number of carbonyl (C=O) groups is 2. The van der Waals surface area contributed by atoms with E-state index >= 15 is 0 Å². The first-order valence-corrected chi connectivity index (χ1v) is 12.3. The Balaban J connectivity index is 1.57. The highest BCUT2D eigenvalue weighted by Crippen LogP contribution is 2.40. The number of rotatable bonds is 6. The maximum absolute atomic E-state index is 14.6. The van der Waals surface area contributed by atoms with Gasteiger partial charge >= 0.3 is 0 Å². The summed E-state index contributed by atoms with van der Waals surface area (Å²) in [7, 11) is 0. The number of fused-ring (bicyclic) bond motifs is 1. The molecule has 2 aromatic carbocycles. The third kappa shape index (κ3) is 5.16. The maximum Gasteiger partial charge on any atom is 0.251 e. The summed E-state index contributed by atoms with van der Waals surface area (Å²) in [5.74, 6) is -1.93. The van der Waals surface area contributed by atoms with Gasteiger partial charge in [0.05, 0.1) is 19.0 Å². The molecule has 10 heteroatoms. The molecule has 4 N–H and O–H groups in total. The highest BCUT2D eigenvalue weighted by atomic mass is 19.1. The number of hydrogen-bond acceptors (Lipinski definition) is 5. The van der Waals surface area contributed by atoms with Crippen molar-refractivity contribution in [3.63, 3.8) is 0 Å². The van der Waals surface area contributed by atoms with Crippen molar-refractivity contribution in [1.29, 1.82) is 5.41 Å². The fourth-order valence-corrected chi connectivity index (χ4v) is 4.92. The highest BCUT2D eigenvalue weighted by Gasteiger charge is 2.44. The second-order valence-corrected chi connectivity index (χ2v) is 10.2. The average Bonchev–Trinajstić information content (AvgIpc) is 2.84. The van der Waals surface area contributed by atoms with Crippen LogP contribution in [0.4, 0.5) is 8.78 Å². The fraction of sp³-hybridized carbons (Fsp3) is 0.444. The smallest absolute Gasteiger partial charge is 0.251 e. The molecule has 2 aliphatic rings. The Labute approximate surface area is 214 Å². The van der Waals surface area contributed by atoms with Gasteiger partial charge in [0, 0.05) is 16.7 Å². The quantitative estimate of drug-likeness (QED) is 0.469. The van der Waals surface area contributed by atoms with E-state index in [1.165, 1.54) is 35.2 Å². The first kappa shape index (κ1) is 26.5. The van der Waals surface area contributed by atoms with Crippen LogP contribution in [0.25, 0.3) is 0 Å². The molecule has 0 saturated carbocycles. The van der Waals surface area contributed by atoms with Crippen LogP contribution in [0.15, 0.2) is 36.4 Å². The topological polar surface area (TPSA) is 115 Å². The molecule has 0 bridgehead atoms. The first-order chi connectivity index (χ1) is 17.4. The number of nitrogens with one attached hydrogen (secondary N) is 3. The highest BCUT2D eigenvalue weighted by molar-refractivity contribution is 5.99. The van der Waals surface area contributed by atoms with E-state index in [-0.39, 0.29) is 36.0 Å². The van der Waals surface area contributed by atoms with Gasteiger partial charge in [-0.25, -0.2) is 8.78 Å². The van der Waals surface area contributed by atoms with Crippen LogP contribution in [0.2, 0.25) is 0 Å². The van der Waals surface area contributed by atoms with Gasteiger partial charge in [0.15, 0.2) is 5.96 Å². The van der Waals surface area contributed by atoms with E-state index in [2.05, 4.69) is 10.6 Å². The predicted octanol–water partition coefficient (Wildman–Crippen LogP) is 3.78. The minimum Gasteiger partial charge on any atom is -0.485 e. The molecule has 2 heterocycles. The van der Waals surface area contributed by atoms with Crippen molar-refractivity contribution in [3.8, 4) is 5.75 Å². The first-order valence-electron chi connectivity index (χ1n) is 12.3. The average molecular weight is 515 g/mol. The molecule has 8 nitrogen and oxygen atoms in total. The minimum atomic E-state index is -1.21. The molecule has 2 atom stereocenters. The zero-order valence-electron chi connectivity index (χ0n) is 21.3. The van der Waals surface area contributed by atoms with Crippen molar-refractivity contribution >= 4 is 17.8 Å². The Hall–Kier alpha value is -3.53. The molecule has 2 amide bonds. The molecule has 37 heavy (non-hydrogen) atoms. The molecule has 0 spiro atoms. The van der Waals surface area contributed by atoms with Gasteiger partial charge in [0.25, 0.3) is 5.91 Å². The summed E-state index contributed by atoms with van der Waals surface area (Å²) in [6.45, 7) is 7.11. The van der Waals surface area contributed by atoms with E-state index in [0.717, 1.165) is 6.07 Å². The van der Waals surface area contributed by atoms with Crippen molar-refractivity contribution < 1.29 is 28.2 Å². The number of benzene rings is 2. The molecule has 0 radical (unpaired) electrons. The van der Waals surface area contributed by atoms with E-state index in [9.17, 15) is 23.5 Å². The molecule has 2 unspecified atom stereocenters. The summed E-state index contributed by atoms with van der Waals surface area (Å²) in [4.78, 5) is 27.3. The van der Waals surface area contributed by atoms with Gasteiger partial charge in [-0.05, 0) is 68.7 Å². The summed E-state index contributed by atoms with van der Waals surface area (Å²) >= 11 is 0. The molecular formula is C27H32F2N4O4. The summed E-state index contributed by atoms with van der Waals surface area (Å²) in [6, 6.07) is 6.52. The molecule has 4 rings (SSSR count). The lowest BCUT2D eigenvalue weighted by Crippen LogP contribution is -2.61. The lowest BCUT2D eigenvalue weighted by molar-refractivity contribution is -0.131. The number of aliphatic hydroxyl groups is 1. The van der Waals surface area contributed by atoms with Gasteiger partial charge in [-0.15, -0.1) is 0 Å². The lowest BCUT2D eigenvalue weighted by Gasteiger charge is -2.42. The van der Waals surface area contributed by atoms with Gasteiger partial charge in [-0.2, -0.15) is 0 Å². The fourth-order valence-electron chi connectivity index (χ4n) is 4.92. The Bertz CT molecular complexity index is 1220. The van der Waals surface area contributed by atoms with E-state index in [1.54, 1.807) is 13.8 Å². The lowest BCUT2D eigenvalue weighted by atomic mass is 9.86. The number of carbonyl (C=O) groups excluding carboxylic acids is 2. The summed E-state index contributed by atoms with van der Waals surface area (Å²) < 4.78 is 34.3. The molecule has 198 valence electrons. The van der Waals surface area contributed by atoms with Crippen molar-refractivity contribution in [2.45, 2.75) is 76.8 Å². The van der Waals surface area contributed by atoms with Gasteiger partial charge < -0.3 is 20.5 Å². The van der Waals surface area contributed by atoms with Crippen molar-refractivity contribution in [3.05, 3.63) is 64.7 Å². The van der Waals surface area contributed by atoms with Crippen LogP contribution in [-0.2, 0) is 11.3 Å². The zero-order valence-corrected chi connectivity index (χ0v) is 21.3. The normalized spacial score (nSPS) is 22.1. The minimum absolute atomic E-state index is 0.0372. The Kier molecular flexibility index (Phi) is 6.98. The summed E-state index contributed by atoms with van der Waals surface area (Å²) in [6.07, 6.45) is 0.349. The molecule has 2 aliphatic heterocycles. The summed E-state index contributed by atoms with van der Waals surface area (Å²) in [5.41, 5.74) is -1.00. The molecule has 0 aliphatic carbocycles. The third-order valence-corrected chi connectivity index (χ3v) is 7.35. The second-order valence-electron chi connectivity index (χ2n) is 10.2. The van der Waals surface area contributed by atoms with Crippen LogP contribution >= 0.6 is 0 Å². The largest absolute Gasteiger partial charge is 0.485 e. The second kappa shape index (κ2) is 9.74. The van der Waals surface area contributed by atoms with Gasteiger partial charge in [-0.1, -0.05) is 13.8 Å². The van der Waals surface area contributed by atoms with Crippen LogP contribution in [0.3, 0.4) is 0 Å². The third-order valence-electron chi connectivity index (χ3n) is 7.35. The van der Waals surface area contributed by atoms with E-state index < -0.39 is 40.8 Å². The van der Waals surface area contributed by atoms with E-state index in [0.29, 0.717) is 24.2 Å². The summed E-state index contributed by atoms with van der Waals surface area (Å²) in [5, 5.41) is 25.0. The van der Waals surface area contributed by atoms with Crippen LogP contribution in [0.5, 0.6) is 5.75 Å². The molecule has 0 aromatic heterocycles.